The molecule has 0 bridgehead atoms. The number of nitrogens with one attached hydrogen (secondary N) is 2. The first kappa shape index (κ1) is 26.1. The summed E-state index contributed by atoms with van der Waals surface area (Å²) in [6, 6.07) is 10.7. The molecule has 4 rings (SSSR count). The molecule has 2 aliphatic rings. The Morgan fingerprint density at radius 1 is 0.919 bits per heavy atom. The standard InChI is InChI=1S/C29H34N2O6/c1-16-25(28(33)31-18-10-8-9-11-21(18)34-4)26(27-19(30-16)14-29(2,3)15-20(27)32)17-12-23(36-6)24(37-7)13-22(17)35-5/h8-13,26,30H,14-15H2,1-7H3,(H,31,33)/t26-/m1/s1. The molecule has 8 nitrogen and oxygen atoms in total. The molecule has 8 heteroatoms. The number of carbonyl (C=O) groups excluding carboxylic acids is 2. The molecule has 0 saturated heterocycles. The number of methoxy groups -OCH3 is 4. The van der Waals surface area contributed by atoms with Gasteiger partial charge in [0.2, 0.25) is 0 Å². The van der Waals surface area contributed by atoms with Crippen molar-refractivity contribution in [1.82, 2.24) is 5.32 Å². The molecule has 1 atom stereocenters. The fraction of sp³-hybridized carbons (Fsp3) is 0.379. The van der Waals surface area contributed by atoms with Gasteiger partial charge in [-0.3, -0.25) is 9.59 Å². The molecular formula is C29H34N2O6. The van der Waals surface area contributed by atoms with Gasteiger partial charge in [0.15, 0.2) is 17.3 Å². The van der Waals surface area contributed by atoms with Crippen LogP contribution in [0.2, 0.25) is 0 Å². The number of para-hydroxylation sites is 2. The molecule has 2 aromatic carbocycles. The molecule has 2 aromatic rings. The molecule has 0 radical (unpaired) electrons. The SMILES string of the molecule is COc1ccccc1NC(=O)C1=C(C)NC2=C(C(=O)CC(C)(C)C2)[C@@H]1c1cc(OC)c(OC)cc1OC. The van der Waals surface area contributed by atoms with E-state index in [1.165, 1.54) is 0 Å². The number of benzene rings is 2. The van der Waals surface area contributed by atoms with Crippen molar-refractivity contribution < 1.29 is 28.5 Å². The average Bonchev–Trinajstić information content (AvgIpc) is 2.86. The fourth-order valence-corrected chi connectivity index (χ4v) is 5.26. The zero-order valence-corrected chi connectivity index (χ0v) is 22.4. The third kappa shape index (κ3) is 4.88. The van der Waals surface area contributed by atoms with E-state index in [-0.39, 0.29) is 17.1 Å². The maximum Gasteiger partial charge on any atom is 0.254 e. The highest BCUT2D eigenvalue weighted by atomic mass is 16.5. The van der Waals surface area contributed by atoms with Crippen molar-refractivity contribution in [3.8, 4) is 23.0 Å². The largest absolute Gasteiger partial charge is 0.496 e. The molecule has 1 amide bonds. The van der Waals surface area contributed by atoms with Crippen molar-refractivity contribution in [2.75, 3.05) is 33.8 Å². The Bertz CT molecular complexity index is 1310. The number of amides is 1. The summed E-state index contributed by atoms with van der Waals surface area (Å²) in [7, 11) is 6.20. The van der Waals surface area contributed by atoms with Crippen molar-refractivity contribution in [3.63, 3.8) is 0 Å². The highest BCUT2D eigenvalue weighted by Crippen LogP contribution is 2.50. The van der Waals surface area contributed by atoms with Gasteiger partial charge in [-0.2, -0.15) is 0 Å². The van der Waals surface area contributed by atoms with Gasteiger partial charge in [0.25, 0.3) is 5.91 Å². The second kappa shape index (κ2) is 10.2. The van der Waals surface area contributed by atoms with E-state index in [1.807, 2.05) is 19.1 Å². The number of allylic oxidation sites excluding steroid dienone is 3. The number of Topliss-reactive ketones (excluding diaryl/α,β-unsaturated/α-hetero) is 1. The van der Waals surface area contributed by atoms with E-state index in [4.69, 9.17) is 18.9 Å². The number of ketones is 1. The van der Waals surface area contributed by atoms with Gasteiger partial charge >= 0.3 is 0 Å². The van der Waals surface area contributed by atoms with E-state index in [0.717, 1.165) is 5.70 Å². The second-order valence-electron chi connectivity index (χ2n) is 10.0. The predicted octanol–water partition coefficient (Wildman–Crippen LogP) is 4.96. The number of ether oxygens (including phenoxy) is 4. The molecule has 1 aliphatic heterocycles. The predicted molar refractivity (Wildman–Crippen MR) is 141 cm³/mol. The second-order valence-corrected chi connectivity index (χ2v) is 10.0. The first-order valence-corrected chi connectivity index (χ1v) is 12.1. The van der Waals surface area contributed by atoms with Gasteiger partial charge in [-0.15, -0.1) is 0 Å². The molecule has 2 N–H and O–H groups in total. The number of dihydropyridines is 1. The average molecular weight is 507 g/mol. The summed E-state index contributed by atoms with van der Waals surface area (Å²) in [6.07, 6.45) is 1.05. The van der Waals surface area contributed by atoms with Crippen molar-refractivity contribution in [2.45, 2.75) is 39.5 Å². The lowest BCUT2D eigenvalue weighted by Crippen LogP contribution is -2.39. The van der Waals surface area contributed by atoms with Crippen LogP contribution in [-0.2, 0) is 9.59 Å². The first-order valence-electron chi connectivity index (χ1n) is 12.1. The quantitative estimate of drug-likeness (QED) is 0.548. The summed E-state index contributed by atoms with van der Waals surface area (Å²) < 4.78 is 22.2. The Kier molecular flexibility index (Phi) is 7.21. The molecule has 0 saturated carbocycles. The molecular weight excluding hydrogens is 472 g/mol. The molecule has 196 valence electrons. The number of hydrogen-bond donors (Lipinski definition) is 2. The van der Waals surface area contributed by atoms with E-state index in [2.05, 4.69) is 24.5 Å². The van der Waals surface area contributed by atoms with Crippen LogP contribution in [0.25, 0.3) is 0 Å². The maximum atomic E-state index is 13.9. The van der Waals surface area contributed by atoms with E-state index in [0.29, 0.717) is 63.9 Å². The van der Waals surface area contributed by atoms with Crippen molar-refractivity contribution in [1.29, 1.82) is 0 Å². The van der Waals surface area contributed by atoms with Gasteiger partial charge in [-0.05, 0) is 37.0 Å². The molecule has 0 fully saturated rings. The Hall–Kier alpha value is -3.94. The third-order valence-electron chi connectivity index (χ3n) is 6.89. The van der Waals surface area contributed by atoms with Gasteiger partial charge in [-0.25, -0.2) is 0 Å². The van der Waals surface area contributed by atoms with Gasteiger partial charge < -0.3 is 29.6 Å². The minimum Gasteiger partial charge on any atom is -0.496 e. The zero-order chi connectivity index (χ0) is 26.9. The Labute approximate surface area is 217 Å². The van der Waals surface area contributed by atoms with Crippen LogP contribution in [0.5, 0.6) is 23.0 Å². The number of hydrogen-bond acceptors (Lipinski definition) is 7. The smallest absolute Gasteiger partial charge is 0.254 e. The lowest BCUT2D eigenvalue weighted by atomic mass is 9.68. The maximum absolute atomic E-state index is 13.9. The van der Waals surface area contributed by atoms with Crippen LogP contribution in [0.4, 0.5) is 5.69 Å². The number of carbonyl (C=O) groups is 2. The van der Waals surface area contributed by atoms with Gasteiger partial charge in [0.05, 0.1) is 40.0 Å². The van der Waals surface area contributed by atoms with E-state index < -0.39 is 5.92 Å². The van der Waals surface area contributed by atoms with Crippen molar-refractivity contribution in [3.05, 3.63) is 64.5 Å². The molecule has 0 unspecified atom stereocenters. The lowest BCUT2D eigenvalue weighted by Gasteiger charge is -2.40. The minimum atomic E-state index is -0.677. The van der Waals surface area contributed by atoms with Gasteiger partial charge in [0.1, 0.15) is 11.5 Å². The zero-order valence-electron chi connectivity index (χ0n) is 22.4. The minimum absolute atomic E-state index is 0.00400. The lowest BCUT2D eigenvalue weighted by molar-refractivity contribution is -0.118. The van der Waals surface area contributed by atoms with Crippen molar-refractivity contribution in [2.24, 2.45) is 5.41 Å². The Balaban J connectivity index is 1.92. The van der Waals surface area contributed by atoms with Crippen LogP contribution in [0.15, 0.2) is 58.9 Å². The summed E-state index contributed by atoms with van der Waals surface area (Å²) in [5.41, 5.74) is 3.46. The van der Waals surface area contributed by atoms with Crippen LogP contribution >= 0.6 is 0 Å². The van der Waals surface area contributed by atoms with Crippen LogP contribution < -0.4 is 29.6 Å². The normalized spacial score (nSPS) is 18.6. The van der Waals surface area contributed by atoms with Crippen molar-refractivity contribution >= 4 is 17.4 Å². The summed E-state index contributed by atoms with van der Waals surface area (Å²) in [6.45, 7) is 6.00. The summed E-state index contributed by atoms with van der Waals surface area (Å²) in [4.78, 5) is 27.6. The molecule has 0 spiro atoms. The third-order valence-corrected chi connectivity index (χ3v) is 6.89. The highest BCUT2D eigenvalue weighted by molar-refractivity contribution is 6.10. The molecule has 1 heterocycles. The van der Waals surface area contributed by atoms with E-state index in [1.54, 1.807) is 52.7 Å². The van der Waals surface area contributed by atoms with Gasteiger partial charge in [-0.1, -0.05) is 26.0 Å². The topological polar surface area (TPSA) is 95.1 Å². The van der Waals surface area contributed by atoms with E-state index in [9.17, 15) is 9.59 Å². The fourth-order valence-electron chi connectivity index (χ4n) is 5.26. The number of anilines is 1. The number of rotatable bonds is 7. The summed E-state index contributed by atoms with van der Waals surface area (Å²) in [5, 5.41) is 6.37. The highest BCUT2D eigenvalue weighted by Gasteiger charge is 2.44. The first-order chi connectivity index (χ1) is 17.6. The Morgan fingerprint density at radius 3 is 2.19 bits per heavy atom. The summed E-state index contributed by atoms with van der Waals surface area (Å²) >= 11 is 0. The van der Waals surface area contributed by atoms with E-state index >= 15 is 0 Å². The summed E-state index contributed by atoms with van der Waals surface area (Å²) in [5.74, 6) is 0.964. The monoisotopic (exact) mass is 506 g/mol. The van der Waals surface area contributed by atoms with Crippen LogP contribution in [0.3, 0.4) is 0 Å². The molecule has 37 heavy (non-hydrogen) atoms. The van der Waals surface area contributed by atoms with Gasteiger partial charge in [0, 0.05) is 40.6 Å². The van der Waals surface area contributed by atoms with Crippen LogP contribution in [-0.4, -0.2) is 40.1 Å². The molecule has 0 aromatic heterocycles. The van der Waals surface area contributed by atoms with Crippen LogP contribution in [0, 0.1) is 5.41 Å². The Morgan fingerprint density at radius 2 is 1.54 bits per heavy atom. The van der Waals surface area contributed by atoms with Crippen LogP contribution in [0.1, 0.15) is 45.1 Å². The molecule has 1 aliphatic carbocycles.